The number of hydrogen-bond acceptors (Lipinski definition) is 3. The van der Waals surface area contributed by atoms with Crippen molar-refractivity contribution in [2.24, 2.45) is 5.84 Å². The Morgan fingerprint density at radius 1 is 1.41 bits per heavy atom. The molecule has 0 fully saturated rings. The number of carbonyl (C=O) groups excluding carboxylic acids is 1. The summed E-state index contributed by atoms with van der Waals surface area (Å²) in [5.74, 6) is 4.82. The Bertz CT molecular complexity index is 361. The van der Waals surface area contributed by atoms with Gasteiger partial charge in [0.1, 0.15) is 0 Å². The fourth-order valence-corrected chi connectivity index (χ4v) is 1.60. The molecule has 0 aliphatic carbocycles. The Morgan fingerprint density at radius 3 is 2.47 bits per heavy atom. The van der Waals surface area contributed by atoms with E-state index in [4.69, 9.17) is 5.84 Å². The highest BCUT2D eigenvalue weighted by molar-refractivity contribution is 5.93. The van der Waals surface area contributed by atoms with Crippen LogP contribution >= 0.6 is 0 Å². The molecule has 0 saturated carbocycles. The minimum Gasteiger partial charge on any atom is -0.299 e. The van der Waals surface area contributed by atoms with Gasteiger partial charge < -0.3 is 0 Å². The zero-order valence-electron chi connectivity index (χ0n) is 10.7. The van der Waals surface area contributed by atoms with E-state index in [1.54, 1.807) is 12.1 Å². The predicted molar refractivity (Wildman–Crippen MR) is 69.3 cm³/mol. The Kier molecular flexibility index (Phi) is 5.12. The molecule has 0 radical (unpaired) electrons. The zero-order chi connectivity index (χ0) is 12.8. The summed E-state index contributed by atoms with van der Waals surface area (Å²) < 4.78 is 0. The van der Waals surface area contributed by atoms with Crippen LogP contribution in [0.25, 0.3) is 0 Å². The van der Waals surface area contributed by atoms with E-state index in [0.29, 0.717) is 11.6 Å². The molecule has 94 valence electrons. The Balaban J connectivity index is 2.65. The summed E-state index contributed by atoms with van der Waals surface area (Å²) in [6, 6.07) is 8.07. The third kappa shape index (κ3) is 3.84. The molecule has 4 nitrogen and oxygen atoms in total. The summed E-state index contributed by atoms with van der Waals surface area (Å²) in [6.07, 6.45) is 1.13. The molecule has 0 spiro atoms. The Labute approximate surface area is 103 Å². The van der Waals surface area contributed by atoms with Crippen LogP contribution in [-0.4, -0.2) is 23.9 Å². The summed E-state index contributed by atoms with van der Waals surface area (Å²) in [6.45, 7) is 5.27. The van der Waals surface area contributed by atoms with Gasteiger partial charge in [0.25, 0.3) is 5.91 Å². The van der Waals surface area contributed by atoms with Crippen molar-refractivity contribution in [2.75, 3.05) is 7.05 Å². The van der Waals surface area contributed by atoms with Gasteiger partial charge in [-0.05, 0) is 38.1 Å². The van der Waals surface area contributed by atoms with Crippen LogP contribution < -0.4 is 11.3 Å². The van der Waals surface area contributed by atoms with Crippen molar-refractivity contribution >= 4 is 5.91 Å². The molecule has 0 aliphatic heterocycles. The van der Waals surface area contributed by atoms with E-state index in [-0.39, 0.29) is 5.91 Å². The second-order valence-corrected chi connectivity index (χ2v) is 4.34. The highest BCUT2D eigenvalue weighted by atomic mass is 16.2. The molecule has 0 aliphatic rings. The topological polar surface area (TPSA) is 58.4 Å². The molecule has 1 atom stereocenters. The number of amides is 1. The van der Waals surface area contributed by atoms with Crippen molar-refractivity contribution in [2.45, 2.75) is 32.9 Å². The largest absolute Gasteiger partial charge is 0.299 e. The number of hydrazine groups is 1. The first-order valence-electron chi connectivity index (χ1n) is 5.88. The van der Waals surface area contributed by atoms with E-state index in [9.17, 15) is 4.79 Å². The van der Waals surface area contributed by atoms with E-state index in [1.165, 1.54) is 5.56 Å². The van der Waals surface area contributed by atoms with Crippen LogP contribution in [0, 0.1) is 0 Å². The predicted octanol–water partition coefficient (Wildman–Crippen LogP) is 1.52. The molecule has 0 heterocycles. The van der Waals surface area contributed by atoms with Gasteiger partial charge >= 0.3 is 0 Å². The van der Waals surface area contributed by atoms with Gasteiger partial charge in [0.05, 0.1) is 0 Å². The molecule has 1 amide bonds. The first kappa shape index (κ1) is 13.7. The SMILES string of the molecule is CCC(C)N(C)Cc1ccc(C(=O)NN)cc1. The Hall–Kier alpha value is -1.39. The number of benzene rings is 1. The minimum atomic E-state index is -0.258. The van der Waals surface area contributed by atoms with Crippen molar-refractivity contribution in [1.29, 1.82) is 0 Å². The molecule has 0 bridgehead atoms. The summed E-state index contributed by atoms with van der Waals surface area (Å²) in [7, 11) is 2.11. The fourth-order valence-electron chi connectivity index (χ4n) is 1.60. The smallest absolute Gasteiger partial charge is 0.265 e. The summed E-state index contributed by atoms with van der Waals surface area (Å²) in [5, 5.41) is 0. The number of hydrogen-bond donors (Lipinski definition) is 2. The highest BCUT2D eigenvalue weighted by Gasteiger charge is 2.08. The lowest BCUT2D eigenvalue weighted by atomic mass is 10.1. The zero-order valence-corrected chi connectivity index (χ0v) is 10.7. The first-order valence-corrected chi connectivity index (χ1v) is 5.88. The first-order chi connectivity index (χ1) is 8.08. The van der Waals surface area contributed by atoms with Crippen molar-refractivity contribution in [3.05, 3.63) is 35.4 Å². The van der Waals surface area contributed by atoms with Crippen LogP contribution in [0.2, 0.25) is 0 Å². The molecule has 0 saturated heterocycles. The molecule has 1 aromatic rings. The average molecular weight is 235 g/mol. The summed E-state index contributed by atoms with van der Waals surface area (Å²) in [5.41, 5.74) is 3.90. The number of nitrogens with zero attached hydrogens (tertiary/aromatic N) is 1. The minimum absolute atomic E-state index is 0.258. The average Bonchev–Trinajstić information content (AvgIpc) is 2.37. The molecular weight excluding hydrogens is 214 g/mol. The maximum atomic E-state index is 11.3. The lowest BCUT2D eigenvalue weighted by molar-refractivity contribution is 0.0953. The maximum Gasteiger partial charge on any atom is 0.265 e. The monoisotopic (exact) mass is 235 g/mol. The standard InChI is InChI=1S/C13H21N3O/c1-4-10(2)16(3)9-11-5-7-12(8-6-11)13(17)15-14/h5-8,10H,4,9,14H2,1-3H3,(H,15,17). The second-order valence-electron chi connectivity index (χ2n) is 4.34. The lowest BCUT2D eigenvalue weighted by Gasteiger charge is -2.23. The van der Waals surface area contributed by atoms with Crippen molar-refractivity contribution in [1.82, 2.24) is 10.3 Å². The van der Waals surface area contributed by atoms with E-state index in [2.05, 4.69) is 31.2 Å². The molecule has 0 aromatic heterocycles. The second kappa shape index (κ2) is 6.37. The fraction of sp³-hybridized carbons (Fsp3) is 0.462. The van der Waals surface area contributed by atoms with Crippen molar-refractivity contribution < 1.29 is 4.79 Å². The van der Waals surface area contributed by atoms with E-state index >= 15 is 0 Å². The van der Waals surface area contributed by atoms with Gasteiger partial charge in [-0.25, -0.2) is 5.84 Å². The number of carbonyl (C=O) groups is 1. The Morgan fingerprint density at radius 2 is 2.00 bits per heavy atom. The van der Waals surface area contributed by atoms with Crippen LogP contribution in [0.5, 0.6) is 0 Å². The van der Waals surface area contributed by atoms with Crippen LogP contribution in [0.15, 0.2) is 24.3 Å². The maximum absolute atomic E-state index is 11.3. The number of nitrogens with one attached hydrogen (secondary N) is 1. The van der Waals surface area contributed by atoms with E-state index < -0.39 is 0 Å². The van der Waals surface area contributed by atoms with Gasteiger partial charge in [-0.2, -0.15) is 0 Å². The molecule has 4 heteroatoms. The highest BCUT2D eigenvalue weighted by Crippen LogP contribution is 2.09. The quantitative estimate of drug-likeness (QED) is 0.462. The van der Waals surface area contributed by atoms with E-state index in [0.717, 1.165) is 13.0 Å². The van der Waals surface area contributed by atoms with Gasteiger partial charge in [0.15, 0.2) is 0 Å². The summed E-state index contributed by atoms with van der Waals surface area (Å²) >= 11 is 0. The molecule has 3 N–H and O–H groups in total. The number of rotatable bonds is 5. The normalized spacial score (nSPS) is 12.5. The van der Waals surface area contributed by atoms with Crippen molar-refractivity contribution in [3.63, 3.8) is 0 Å². The number of nitrogen functional groups attached to an aromatic ring is 1. The van der Waals surface area contributed by atoms with Gasteiger partial charge in [-0.15, -0.1) is 0 Å². The van der Waals surface area contributed by atoms with Gasteiger partial charge in [-0.1, -0.05) is 19.1 Å². The van der Waals surface area contributed by atoms with E-state index in [1.807, 2.05) is 12.1 Å². The van der Waals surface area contributed by atoms with Crippen LogP contribution in [0.3, 0.4) is 0 Å². The van der Waals surface area contributed by atoms with Gasteiger partial charge in [0.2, 0.25) is 0 Å². The third-order valence-electron chi connectivity index (χ3n) is 3.12. The van der Waals surface area contributed by atoms with Gasteiger partial charge in [0, 0.05) is 18.2 Å². The third-order valence-corrected chi connectivity index (χ3v) is 3.12. The van der Waals surface area contributed by atoms with Crippen LogP contribution in [0.4, 0.5) is 0 Å². The van der Waals surface area contributed by atoms with Crippen LogP contribution in [-0.2, 0) is 6.54 Å². The molecule has 17 heavy (non-hydrogen) atoms. The summed E-state index contributed by atoms with van der Waals surface area (Å²) in [4.78, 5) is 13.5. The molecule has 1 rings (SSSR count). The molecule has 1 unspecified atom stereocenters. The number of nitrogens with two attached hydrogens (primary N) is 1. The van der Waals surface area contributed by atoms with Crippen molar-refractivity contribution in [3.8, 4) is 0 Å². The lowest BCUT2D eigenvalue weighted by Crippen LogP contribution is -2.30. The van der Waals surface area contributed by atoms with Gasteiger partial charge in [-0.3, -0.25) is 15.1 Å². The van der Waals surface area contributed by atoms with Crippen LogP contribution in [0.1, 0.15) is 36.2 Å². The molecule has 1 aromatic carbocycles. The molecular formula is C13H21N3O.